The van der Waals surface area contributed by atoms with Crippen molar-refractivity contribution in [1.82, 2.24) is 0 Å². The van der Waals surface area contributed by atoms with E-state index in [0.29, 0.717) is 5.02 Å². The summed E-state index contributed by atoms with van der Waals surface area (Å²) in [5.74, 6) is 0. The van der Waals surface area contributed by atoms with Crippen molar-refractivity contribution in [2.75, 3.05) is 0 Å². The highest BCUT2D eigenvalue weighted by Crippen LogP contribution is 2.32. The number of hydrogen-bond acceptors (Lipinski definition) is 0. The first-order valence-corrected chi connectivity index (χ1v) is 4.67. The molecule has 0 amide bonds. The number of hydrogen-bond donors (Lipinski definition) is 0. The van der Waals surface area contributed by atoms with Crippen LogP contribution in [0.4, 0.5) is 0 Å². The lowest BCUT2D eigenvalue weighted by Gasteiger charge is -2.09. The molecule has 0 spiro atoms. The minimum Gasteiger partial charge on any atom is -0.0843 e. The van der Waals surface area contributed by atoms with Crippen molar-refractivity contribution in [2.24, 2.45) is 0 Å². The van der Waals surface area contributed by atoms with Crippen LogP contribution in [0.15, 0.2) is 24.3 Å². The Morgan fingerprint density at radius 2 is 1.50 bits per heavy atom. The third kappa shape index (κ3) is 3.86. The van der Waals surface area contributed by atoms with Gasteiger partial charge in [-0.2, -0.15) is 0 Å². The van der Waals surface area contributed by atoms with E-state index in [2.05, 4.69) is 0 Å². The van der Waals surface area contributed by atoms with Crippen molar-refractivity contribution >= 4 is 46.4 Å². The van der Waals surface area contributed by atoms with E-state index >= 15 is 0 Å². The van der Waals surface area contributed by atoms with Crippen LogP contribution in [0.1, 0.15) is 5.56 Å². The molecule has 0 atom stereocenters. The van der Waals surface area contributed by atoms with Crippen LogP contribution in [0.3, 0.4) is 0 Å². The third-order valence-corrected chi connectivity index (χ3v) is 1.78. The van der Waals surface area contributed by atoms with Crippen molar-refractivity contribution in [3.8, 4) is 0 Å². The lowest BCUT2D eigenvalue weighted by Crippen LogP contribution is -2.03. The van der Waals surface area contributed by atoms with Gasteiger partial charge in [-0.15, -0.1) is 0 Å². The fourth-order valence-electron chi connectivity index (χ4n) is 0.748. The number of benzene rings is 1. The fourth-order valence-corrected chi connectivity index (χ4v) is 1.25. The Morgan fingerprint density at radius 1 is 1.00 bits per heavy atom. The van der Waals surface area contributed by atoms with Crippen LogP contribution in [0, 0.1) is 6.42 Å². The van der Waals surface area contributed by atoms with Crippen LogP contribution in [0.25, 0.3) is 0 Å². The normalized spacial score (nSPS) is 11.7. The Bertz CT molecular complexity index is 247. The molecule has 0 aliphatic heterocycles. The molecule has 0 N–H and O–H groups in total. The van der Waals surface area contributed by atoms with Gasteiger partial charge in [0.2, 0.25) is 0 Å². The van der Waals surface area contributed by atoms with E-state index in [0.717, 1.165) is 5.56 Å². The van der Waals surface area contributed by atoms with Gasteiger partial charge in [-0.25, -0.2) is 0 Å². The Kier molecular flexibility index (Phi) is 3.54. The minimum absolute atomic E-state index is 0.663. The molecule has 0 aliphatic carbocycles. The average Bonchev–Trinajstić information content (AvgIpc) is 1.91. The molecule has 0 unspecified atom stereocenters. The summed E-state index contributed by atoms with van der Waals surface area (Å²) in [6, 6.07) is 7.04. The van der Waals surface area contributed by atoms with Gasteiger partial charge in [-0.1, -0.05) is 58.5 Å². The molecule has 0 aromatic heterocycles. The Labute approximate surface area is 91.4 Å². The maximum Gasteiger partial charge on any atom is 0.198 e. The summed E-state index contributed by atoms with van der Waals surface area (Å²) in [6.45, 7) is 0. The first-order chi connectivity index (χ1) is 5.47. The topological polar surface area (TPSA) is 0 Å². The van der Waals surface area contributed by atoms with Crippen LogP contribution in [-0.4, -0.2) is 3.79 Å². The molecular formula is C8H5Cl4. The van der Waals surface area contributed by atoms with Gasteiger partial charge in [0.1, 0.15) is 0 Å². The van der Waals surface area contributed by atoms with Crippen molar-refractivity contribution in [2.45, 2.75) is 3.79 Å². The molecule has 0 heterocycles. The summed E-state index contributed by atoms with van der Waals surface area (Å²) in [6.07, 6.45) is 1.52. The third-order valence-electron chi connectivity index (χ3n) is 1.20. The molecule has 1 rings (SSSR count). The molecule has 1 aromatic carbocycles. The van der Waals surface area contributed by atoms with Crippen molar-refractivity contribution in [1.29, 1.82) is 0 Å². The molecule has 0 nitrogen and oxygen atoms in total. The first-order valence-electron chi connectivity index (χ1n) is 3.15. The molecule has 0 bridgehead atoms. The van der Waals surface area contributed by atoms with E-state index < -0.39 is 3.79 Å². The lowest BCUT2D eigenvalue weighted by molar-refractivity contribution is 1.28. The summed E-state index contributed by atoms with van der Waals surface area (Å²) in [4.78, 5) is 0. The second-order valence-corrected chi connectivity index (χ2v) is 5.04. The fraction of sp³-hybridized carbons (Fsp3) is 0.125. The summed E-state index contributed by atoms with van der Waals surface area (Å²) in [7, 11) is 0. The Morgan fingerprint density at radius 3 is 1.92 bits per heavy atom. The van der Waals surface area contributed by atoms with Crippen molar-refractivity contribution in [3.63, 3.8) is 0 Å². The Balaban J connectivity index is 2.71. The zero-order chi connectivity index (χ0) is 9.19. The molecule has 12 heavy (non-hydrogen) atoms. The summed E-state index contributed by atoms with van der Waals surface area (Å²) >= 11 is 22.3. The predicted octanol–water partition coefficient (Wildman–Crippen LogP) is 4.26. The monoisotopic (exact) mass is 241 g/mol. The zero-order valence-corrected chi connectivity index (χ0v) is 8.92. The van der Waals surface area contributed by atoms with E-state index in [1.54, 1.807) is 24.3 Å². The lowest BCUT2D eigenvalue weighted by atomic mass is 10.2. The second-order valence-electron chi connectivity index (χ2n) is 2.24. The number of halogens is 4. The van der Waals surface area contributed by atoms with Gasteiger partial charge < -0.3 is 0 Å². The molecule has 0 saturated heterocycles. The van der Waals surface area contributed by atoms with E-state index in [1.165, 1.54) is 6.42 Å². The summed E-state index contributed by atoms with van der Waals surface area (Å²) in [5.41, 5.74) is 0.833. The van der Waals surface area contributed by atoms with Crippen molar-refractivity contribution in [3.05, 3.63) is 41.3 Å². The van der Waals surface area contributed by atoms with Gasteiger partial charge in [0.05, 0.1) is 0 Å². The molecular weight excluding hydrogens is 238 g/mol. The van der Waals surface area contributed by atoms with Gasteiger partial charge in [0.25, 0.3) is 0 Å². The largest absolute Gasteiger partial charge is 0.198 e. The molecule has 1 aromatic rings. The van der Waals surface area contributed by atoms with Crippen LogP contribution < -0.4 is 0 Å². The highest BCUT2D eigenvalue weighted by Gasteiger charge is 2.20. The van der Waals surface area contributed by atoms with Gasteiger partial charge >= 0.3 is 0 Å². The second kappa shape index (κ2) is 4.06. The smallest absolute Gasteiger partial charge is 0.0843 e. The molecule has 0 fully saturated rings. The van der Waals surface area contributed by atoms with Gasteiger partial charge in [0, 0.05) is 11.4 Å². The Hall–Kier alpha value is 0.380. The van der Waals surface area contributed by atoms with E-state index in [4.69, 9.17) is 46.4 Å². The van der Waals surface area contributed by atoms with Gasteiger partial charge in [-0.05, 0) is 17.7 Å². The van der Waals surface area contributed by atoms with Crippen LogP contribution in [0.2, 0.25) is 5.02 Å². The molecule has 1 radical (unpaired) electrons. The summed E-state index contributed by atoms with van der Waals surface area (Å²) < 4.78 is -1.35. The van der Waals surface area contributed by atoms with E-state index in [9.17, 15) is 0 Å². The average molecular weight is 243 g/mol. The molecule has 4 heteroatoms. The van der Waals surface area contributed by atoms with Gasteiger partial charge in [-0.3, -0.25) is 0 Å². The number of rotatable bonds is 1. The zero-order valence-electron chi connectivity index (χ0n) is 5.90. The van der Waals surface area contributed by atoms with E-state index in [-0.39, 0.29) is 0 Å². The summed E-state index contributed by atoms with van der Waals surface area (Å²) in [5, 5.41) is 0.663. The quantitative estimate of drug-likeness (QED) is 0.646. The van der Waals surface area contributed by atoms with E-state index in [1.807, 2.05) is 0 Å². The maximum atomic E-state index is 5.67. The molecule has 0 aliphatic rings. The first kappa shape index (κ1) is 10.5. The standard InChI is InChI=1S/C8H5Cl4/c9-7-3-1-6(2-4-7)5-8(10,11)12/h1-5H. The molecule has 65 valence electrons. The number of alkyl halides is 3. The highest BCUT2D eigenvalue weighted by atomic mass is 35.6. The maximum absolute atomic E-state index is 5.67. The van der Waals surface area contributed by atoms with Crippen LogP contribution in [0.5, 0.6) is 0 Å². The highest BCUT2D eigenvalue weighted by molar-refractivity contribution is 6.68. The predicted molar refractivity (Wildman–Crippen MR) is 55.1 cm³/mol. The SMILES string of the molecule is Clc1ccc([CH]C(Cl)(Cl)Cl)cc1. The van der Waals surface area contributed by atoms with Crippen LogP contribution in [-0.2, 0) is 0 Å². The minimum atomic E-state index is -1.35. The van der Waals surface area contributed by atoms with Gasteiger partial charge in [0.15, 0.2) is 3.79 Å². The molecule has 0 saturated carbocycles. The van der Waals surface area contributed by atoms with Crippen molar-refractivity contribution < 1.29 is 0 Å². The van der Waals surface area contributed by atoms with Crippen LogP contribution >= 0.6 is 46.4 Å².